The maximum Gasteiger partial charge on any atom is 0.257 e. The third-order valence-corrected chi connectivity index (χ3v) is 6.45. The lowest BCUT2D eigenvalue weighted by molar-refractivity contribution is 0.421. The number of aromatic nitrogens is 2. The van der Waals surface area contributed by atoms with Crippen LogP contribution in [0.5, 0.6) is 0 Å². The fourth-order valence-corrected chi connectivity index (χ4v) is 4.41. The van der Waals surface area contributed by atoms with E-state index in [1.807, 2.05) is 0 Å². The highest BCUT2D eigenvalue weighted by molar-refractivity contribution is 5.93. The van der Waals surface area contributed by atoms with Crippen LogP contribution >= 0.6 is 0 Å². The highest BCUT2D eigenvalue weighted by atomic mass is 16.5. The maximum atomic E-state index is 5.52. The summed E-state index contributed by atoms with van der Waals surface area (Å²) in [6.45, 7) is 3.03. The monoisotopic (exact) mass is 455 g/mol. The molecule has 0 spiro atoms. The van der Waals surface area contributed by atoms with E-state index in [0.717, 1.165) is 36.5 Å². The van der Waals surface area contributed by atoms with E-state index in [4.69, 9.17) is 4.52 Å². The van der Waals surface area contributed by atoms with Crippen LogP contribution in [0, 0.1) is 0 Å². The predicted octanol–water partition coefficient (Wildman–Crippen LogP) is 8.58. The average molecular weight is 456 g/mol. The molecule has 3 aromatic carbocycles. The average Bonchev–Trinajstić information content (AvgIpc) is 3.36. The molecule has 0 aliphatic rings. The first-order valence-electron chi connectivity index (χ1n) is 13.0. The number of benzene rings is 3. The van der Waals surface area contributed by atoms with Gasteiger partial charge in [0, 0.05) is 29.6 Å². The van der Waals surface area contributed by atoms with Crippen LogP contribution in [-0.4, -0.2) is 10.1 Å². The van der Waals surface area contributed by atoms with Crippen LogP contribution in [0.3, 0.4) is 0 Å². The number of hydrogen-bond donors (Lipinski definition) is 1. The Hall–Kier alpha value is -3.14. The molecule has 0 amide bonds. The molecule has 1 aromatic heterocycles. The van der Waals surface area contributed by atoms with Gasteiger partial charge in [0.05, 0.1) is 0 Å². The predicted molar refractivity (Wildman–Crippen MR) is 142 cm³/mol. The normalized spacial score (nSPS) is 11.2. The van der Waals surface area contributed by atoms with Crippen molar-refractivity contribution in [3.8, 4) is 11.5 Å². The van der Waals surface area contributed by atoms with Crippen molar-refractivity contribution in [1.82, 2.24) is 10.1 Å². The number of nitrogens with one attached hydrogen (secondary N) is 1. The van der Waals surface area contributed by atoms with E-state index in [1.165, 1.54) is 67.7 Å². The summed E-state index contributed by atoms with van der Waals surface area (Å²) in [7, 11) is 0. The molecule has 4 aromatic rings. The smallest absolute Gasteiger partial charge is 0.257 e. The Balaban J connectivity index is 1.21. The SMILES string of the molecule is CCCCCCCCCCCc1noc(-c2ccc(CNc3cccc4ccccc34)cc2)n1. The number of fused-ring (bicyclic) bond motifs is 1. The second kappa shape index (κ2) is 12.9. The van der Waals surface area contributed by atoms with Crippen molar-refractivity contribution in [1.29, 1.82) is 0 Å². The number of hydrogen-bond acceptors (Lipinski definition) is 4. The maximum absolute atomic E-state index is 5.52. The van der Waals surface area contributed by atoms with Crippen LogP contribution in [-0.2, 0) is 13.0 Å². The van der Waals surface area contributed by atoms with Crippen molar-refractivity contribution in [3.63, 3.8) is 0 Å². The highest BCUT2D eigenvalue weighted by Gasteiger charge is 2.09. The van der Waals surface area contributed by atoms with Gasteiger partial charge in [0.15, 0.2) is 5.82 Å². The highest BCUT2D eigenvalue weighted by Crippen LogP contribution is 2.24. The molecule has 0 fully saturated rings. The van der Waals surface area contributed by atoms with Crippen molar-refractivity contribution >= 4 is 16.5 Å². The van der Waals surface area contributed by atoms with E-state index in [1.54, 1.807) is 0 Å². The first-order valence-corrected chi connectivity index (χ1v) is 13.0. The summed E-state index contributed by atoms with van der Waals surface area (Å²) >= 11 is 0. The lowest BCUT2D eigenvalue weighted by Gasteiger charge is -2.10. The zero-order valence-electron chi connectivity index (χ0n) is 20.4. The lowest BCUT2D eigenvalue weighted by Crippen LogP contribution is -1.99. The molecule has 1 N–H and O–H groups in total. The van der Waals surface area contributed by atoms with E-state index in [9.17, 15) is 0 Å². The molecular weight excluding hydrogens is 418 g/mol. The van der Waals surface area contributed by atoms with Crippen LogP contribution in [0.4, 0.5) is 5.69 Å². The summed E-state index contributed by atoms with van der Waals surface area (Å²) < 4.78 is 5.52. The molecule has 34 heavy (non-hydrogen) atoms. The Morgan fingerprint density at radius 1 is 0.735 bits per heavy atom. The van der Waals surface area contributed by atoms with Crippen molar-refractivity contribution in [2.45, 2.75) is 77.7 Å². The molecule has 0 aliphatic heterocycles. The van der Waals surface area contributed by atoms with Gasteiger partial charge in [0.1, 0.15) is 0 Å². The zero-order chi connectivity index (χ0) is 23.4. The number of anilines is 1. The van der Waals surface area contributed by atoms with E-state index < -0.39 is 0 Å². The molecule has 0 aliphatic carbocycles. The first kappa shape index (κ1) is 24.0. The van der Waals surface area contributed by atoms with Crippen molar-refractivity contribution in [2.24, 2.45) is 0 Å². The molecule has 0 bridgehead atoms. The van der Waals surface area contributed by atoms with Crippen LogP contribution < -0.4 is 5.32 Å². The van der Waals surface area contributed by atoms with Gasteiger partial charge in [0.2, 0.25) is 0 Å². The minimum atomic E-state index is 0.611. The summed E-state index contributed by atoms with van der Waals surface area (Å²) in [4.78, 5) is 4.61. The summed E-state index contributed by atoms with van der Waals surface area (Å²) in [6, 6.07) is 23.2. The Labute approximate surface area is 203 Å². The molecule has 4 rings (SSSR count). The molecule has 1 heterocycles. The van der Waals surface area contributed by atoms with Gasteiger partial charge in [-0.25, -0.2) is 0 Å². The van der Waals surface area contributed by atoms with Crippen LogP contribution in [0.25, 0.3) is 22.2 Å². The third-order valence-electron chi connectivity index (χ3n) is 6.45. The third kappa shape index (κ3) is 6.93. The minimum absolute atomic E-state index is 0.611. The molecule has 0 saturated heterocycles. The van der Waals surface area contributed by atoms with Crippen LogP contribution in [0.1, 0.15) is 76.1 Å². The van der Waals surface area contributed by atoms with Crippen molar-refractivity contribution in [3.05, 3.63) is 78.1 Å². The van der Waals surface area contributed by atoms with Gasteiger partial charge in [-0.3, -0.25) is 0 Å². The second-order valence-corrected chi connectivity index (χ2v) is 9.17. The van der Waals surface area contributed by atoms with Gasteiger partial charge < -0.3 is 9.84 Å². The van der Waals surface area contributed by atoms with Crippen LogP contribution in [0.2, 0.25) is 0 Å². The molecular formula is C30H37N3O. The number of aryl methyl sites for hydroxylation is 1. The first-order chi connectivity index (χ1) is 16.8. The Morgan fingerprint density at radius 3 is 2.24 bits per heavy atom. The van der Waals surface area contributed by atoms with E-state index in [-0.39, 0.29) is 0 Å². The zero-order valence-corrected chi connectivity index (χ0v) is 20.4. The largest absolute Gasteiger partial charge is 0.380 e. The molecule has 4 heteroatoms. The van der Waals surface area contributed by atoms with Crippen molar-refractivity contribution < 1.29 is 4.52 Å². The standard InChI is InChI=1S/C30H37N3O/c1-2-3-4-5-6-7-8-9-10-18-29-32-30(34-33-29)26-21-19-24(20-22-26)23-31-28-17-13-15-25-14-11-12-16-27(25)28/h11-17,19-22,31H,2-10,18,23H2,1H3. The number of unbranched alkanes of at least 4 members (excludes halogenated alkanes) is 8. The molecule has 0 saturated carbocycles. The van der Waals surface area contributed by atoms with E-state index in [0.29, 0.717) is 5.89 Å². The second-order valence-electron chi connectivity index (χ2n) is 9.17. The summed E-state index contributed by atoms with van der Waals surface area (Å²) in [5.41, 5.74) is 3.34. The fraction of sp³-hybridized carbons (Fsp3) is 0.400. The quantitative estimate of drug-likeness (QED) is 0.193. The van der Waals surface area contributed by atoms with Gasteiger partial charge in [-0.05, 0) is 35.6 Å². The topological polar surface area (TPSA) is 51.0 Å². The summed E-state index contributed by atoms with van der Waals surface area (Å²) in [5.74, 6) is 1.43. The summed E-state index contributed by atoms with van der Waals surface area (Å²) in [6.07, 6.45) is 12.8. The Morgan fingerprint density at radius 2 is 1.44 bits per heavy atom. The Bertz CT molecular complexity index is 1130. The molecule has 0 atom stereocenters. The van der Waals surface area contributed by atoms with Gasteiger partial charge in [-0.2, -0.15) is 4.98 Å². The van der Waals surface area contributed by atoms with Gasteiger partial charge >= 0.3 is 0 Å². The van der Waals surface area contributed by atoms with Gasteiger partial charge in [0.25, 0.3) is 5.89 Å². The van der Waals surface area contributed by atoms with E-state index in [2.05, 4.69) is 89.1 Å². The molecule has 0 radical (unpaired) electrons. The molecule has 178 valence electrons. The Kier molecular flexibility index (Phi) is 9.13. The van der Waals surface area contributed by atoms with E-state index >= 15 is 0 Å². The van der Waals surface area contributed by atoms with Gasteiger partial charge in [-0.1, -0.05) is 112 Å². The van der Waals surface area contributed by atoms with Gasteiger partial charge in [-0.15, -0.1) is 0 Å². The minimum Gasteiger partial charge on any atom is -0.380 e. The number of nitrogens with zero attached hydrogens (tertiary/aromatic N) is 2. The molecule has 4 nitrogen and oxygen atoms in total. The number of rotatable bonds is 14. The fourth-order valence-electron chi connectivity index (χ4n) is 4.41. The lowest BCUT2D eigenvalue weighted by atomic mass is 10.1. The van der Waals surface area contributed by atoms with Crippen LogP contribution in [0.15, 0.2) is 71.3 Å². The molecule has 0 unspecified atom stereocenters. The summed E-state index contributed by atoms with van der Waals surface area (Å²) in [5, 5.41) is 10.2. The van der Waals surface area contributed by atoms with Crippen molar-refractivity contribution in [2.75, 3.05) is 5.32 Å².